The van der Waals surface area contributed by atoms with Gasteiger partial charge < -0.3 is 55.1 Å². The topological polar surface area (TPSA) is 190 Å². The molecule has 0 aromatic heterocycles. The Morgan fingerprint density at radius 3 is 1.22 bits per heavy atom. The Morgan fingerprint density at radius 2 is 0.913 bits per heavy atom. The maximum Gasteiger partial charge on any atom is 0.189 e. The summed E-state index contributed by atoms with van der Waals surface area (Å²) in [4.78, 5) is 0. The zero-order valence-electron chi connectivity index (χ0n) is 12.0. The van der Waals surface area contributed by atoms with E-state index in [0.29, 0.717) is 0 Å². The van der Waals surface area contributed by atoms with Gasteiger partial charge in [0.25, 0.3) is 0 Å². The van der Waals surface area contributed by atoms with E-state index in [1.165, 1.54) is 0 Å². The van der Waals surface area contributed by atoms with Gasteiger partial charge in [0.15, 0.2) is 12.6 Å². The second kappa shape index (κ2) is 7.63. The molecule has 2 aliphatic heterocycles. The Kier molecular flexibility index (Phi) is 6.27. The first-order valence-corrected chi connectivity index (χ1v) is 7.08. The highest BCUT2D eigenvalue weighted by atomic mass is 16.8. The minimum absolute atomic E-state index is 0.667. The first-order chi connectivity index (χ1) is 10.8. The first kappa shape index (κ1) is 18.9. The summed E-state index contributed by atoms with van der Waals surface area (Å²) in [7, 11) is 0. The molecule has 0 amide bonds. The summed E-state index contributed by atoms with van der Waals surface area (Å²) in [5.74, 6) is 0. The molecular formula is C12H22O11. The molecule has 0 aromatic carbocycles. The van der Waals surface area contributed by atoms with Crippen LogP contribution in [0.2, 0.25) is 0 Å². The summed E-state index contributed by atoms with van der Waals surface area (Å²) in [5, 5.41) is 76.4. The number of rotatable bonds is 4. The minimum atomic E-state index is -1.72. The van der Waals surface area contributed by atoms with Crippen LogP contribution < -0.4 is 0 Å². The fourth-order valence-electron chi connectivity index (χ4n) is 2.49. The van der Waals surface area contributed by atoms with E-state index in [4.69, 9.17) is 24.4 Å². The van der Waals surface area contributed by atoms with Crippen LogP contribution >= 0.6 is 0 Å². The van der Waals surface area contributed by atoms with Crippen molar-refractivity contribution in [1.82, 2.24) is 0 Å². The van der Waals surface area contributed by atoms with E-state index in [1.807, 2.05) is 0 Å². The highest BCUT2D eigenvalue weighted by Gasteiger charge is 2.49. The van der Waals surface area contributed by atoms with Crippen LogP contribution in [0.4, 0.5) is 0 Å². The van der Waals surface area contributed by atoms with Crippen LogP contribution in [0.25, 0.3) is 0 Å². The first-order valence-electron chi connectivity index (χ1n) is 7.08. The van der Waals surface area contributed by atoms with Crippen molar-refractivity contribution in [3.8, 4) is 0 Å². The van der Waals surface area contributed by atoms with Gasteiger partial charge in [-0.25, -0.2) is 0 Å². The highest BCUT2D eigenvalue weighted by molar-refractivity contribution is 4.92. The third-order valence-electron chi connectivity index (χ3n) is 3.97. The average Bonchev–Trinajstić information content (AvgIpc) is 2.55. The standard InChI is InChI=1S/C12H22O11/c13-1-3-5(15)7(17)9(19)11(21-3)23-12-10(20)8(18)6(16)4(2-14)22-12/h3-20H,1-2H2/t3-,4?,5-,6-,7?,8+,9?,10?,11-,12-/m1/s1. The summed E-state index contributed by atoms with van der Waals surface area (Å²) in [6, 6.07) is 0. The van der Waals surface area contributed by atoms with E-state index in [9.17, 15) is 30.6 Å². The van der Waals surface area contributed by atoms with E-state index < -0.39 is 74.6 Å². The number of aliphatic hydroxyl groups excluding tert-OH is 8. The smallest absolute Gasteiger partial charge is 0.189 e. The molecule has 0 aromatic rings. The number of hydrogen-bond acceptors (Lipinski definition) is 11. The molecule has 2 saturated heterocycles. The van der Waals surface area contributed by atoms with Crippen molar-refractivity contribution in [2.75, 3.05) is 13.2 Å². The molecule has 2 aliphatic rings. The van der Waals surface area contributed by atoms with Gasteiger partial charge in [0.2, 0.25) is 0 Å². The molecule has 0 aliphatic carbocycles. The molecule has 0 radical (unpaired) electrons. The van der Waals surface area contributed by atoms with Crippen LogP contribution in [0, 0.1) is 0 Å². The molecule has 2 heterocycles. The molecule has 10 atom stereocenters. The van der Waals surface area contributed by atoms with Gasteiger partial charge in [-0.05, 0) is 0 Å². The Labute approximate surface area is 130 Å². The van der Waals surface area contributed by atoms with Crippen LogP contribution in [0.15, 0.2) is 0 Å². The average molecular weight is 342 g/mol. The lowest BCUT2D eigenvalue weighted by Crippen LogP contribution is -2.63. The molecular weight excluding hydrogens is 320 g/mol. The zero-order valence-corrected chi connectivity index (χ0v) is 12.0. The molecule has 23 heavy (non-hydrogen) atoms. The normalized spacial score (nSPS) is 51.7. The van der Waals surface area contributed by atoms with Gasteiger partial charge in [0, 0.05) is 0 Å². The third kappa shape index (κ3) is 3.65. The summed E-state index contributed by atoms with van der Waals surface area (Å²) in [6.45, 7) is -1.33. The van der Waals surface area contributed by atoms with Crippen molar-refractivity contribution in [3.63, 3.8) is 0 Å². The summed E-state index contributed by atoms with van der Waals surface area (Å²) in [5.41, 5.74) is 0. The Morgan fingerprint density at radius 1 is 0.565 bits per heavy atom. The summed E-state index contributed by atoms with van der Waals surface area (Å²) >= 11 is 0. The van der Waals surface area contributed by atoms with Crippen LogP contribution in [0.5, 0.6) is 0 Å². The van der Waals surface area contributed by atoms with E-state index in [2.05, 4.69) is 0 Å². The van der Waals surface area contributed by atoms with Gasteiger partial charge in [-0.1, -0.05) is 0 Å². The van der Waals surface area contributed by atoms with Crippen LogP contribution in [-0.2, 0) is 14.2 Å². The number of ether oxygens (including phenoxy) is 3. The van der Waals surface area contributed by atoms with Crippen molar-refractivity contribution < 1.29 is 55.1 Å². The van der Waals surface area contributed by atoms with Crippen molar-refractivity contribution in [1.29, 1.82) is 0 Å². The van der Waals surface area contributed by atoms with Crippen LogP contribution in [0.3, 0.4) is 0 Å². The second-order valence-electron chi connectivity index (χ2n) is 5.53. The highest BCUT2D eigenvalue weighted by Crippen LogP contribution is 2.27. The van der Waals surface area contributed by atoms with Crippen molar-refractivity contribution in [3.05, 3.63) is 0 Å². The largest absolute Gasteiger partial charge is 0.394 e. The summed E-state index contributed by atoms with van der Waals surface area (Å²) < 4.78 is 15.3. The van der Waals surface area contributed by atoms with Crippen molar-refractivity contribution in [2.24, 2.45) is 0 Å². The van der Waals surface area contributed by atoms with Crippen molar-refractivity contribution >= 4 is 0 Å². The van der Waals surface area contributed by atoms with Crippen LogP contribution in [-0.4, -0.2) is 115 Å². The number of aliphatic hydroxyl groups is 8. The maximum absolute atomic E-state index is 9.84. The Bertz CT molecular complexity index is 344. The lowest BCUT2D eigenvalue weighted by Gasteiger charge is -2.44. The van der Waals surface area contributed by atoms with E-state index >= 15 is 0 Å². The molecule has 11 heteroatoms. The molecule has 0 saturated carbocycles. The van der Waals surface area contributed by atoms with Gasteiger partial charge >= 0.3 is 0 Å². The predicted octanol–water partition coefficient (Wildman–Crippen LogP) is -5.40. The molecule has 2 rings (SSSR count). The third-order valence-corrected chi connectivity index (χ3v) is 3.97. The SMILES string of the molecule is OCC1O[C@H](O[C@H]2O[C@H](CO)[C@@H](O)C(O)C2O)C(O)[C@@H](O)[C@@H]1O. The monoisotopic (exact) mass is 342 g/mol. The van der Waals surface area contributed by atoms with Gasteiger partial charge in [-0.3, -0.25) is 0 Å². The summed E-state index contributed by atoms with van der Waals surface area (Å²) in [6.07, 6.45) is -15.6. The van der Waals surface area contributed by atoms with E-state index in [0.717, 1.165) is 0 Å². The fraction of sp³-hybridized carbons (Fsp3) is 1.00. The lowest BCUT2D eigenvalue weighted by molar-refractivity contribution is -0.376. The second-order valence-corrected chi connectivity index (χ2v) is 5.53. The molecule has 11 nitrogen and oxygen atoms in total. The molecule has 136 valence electrons. The minimum Gasteiger partial charge on any atom is -0.394 e. The van der Waals surface area contributed by atoms with Gasteiger partial charge in [0.1, 0.15) is 48.8 Å². The van der Waals surface area contributed by atoms with E-state index in [1.54, 1.807) is 0 Å². The van der Waals surface area contributed by atoms with Gasteiger partial charge in [-0.2, -0.15) is 0 Å². The molecule has 2 fully saturated rings. The van der Waals surface area contributed by atoms with E-state index in [-0.39, 0.29) is 0 Å². The molecule has 0 spiro atoms. The predicted molar refractivity (Wildman–Crippen MR) is 68.6 cm³/mol. The number of hydrogen-bond donors (Lipinski definition) is 8. The van der Waals surface area contributed by atoms with Crippen molar-refractivity contribution in [2.45, 2.75) is 61.4 Å². The quantitative estimate of drug-likeness (QED) is 0.243. The molecule has 4 unspecified atom stereocenters. The van der Waals surface area contributed by atoms with Crippen LogP contribution in [0.1, 0.15) is 0 Å². The van der Waals surface area contributed by atoms with Gasteiger partial charge in [0.05, 0.1) is 13.2 Å². The van der Waals surface area contributed by atoms with Gasteiger partial charge in [-0.15, -0.1) is 0 Å². The molecule has 8 N–H and O–H groups in total. The molecule has 0 bridgehead atoms. The Balaban J connectivity index is 2.07. The lowest BCUT2D eigenvalue weighted by atomic mass is 9.98. The fourth-order valence-corrected chi connectivity index (χ4v) is 2.49. The Hall–Kier alpha value is -0.440. The zero-order chi connectivity index (χ0) is 17.3. The maximum atomic E-state index is 9.84.